The zero-order chi connectivity index (χ0) is 26.6. The molecule has 196 valence electrons. The molecule has 1 atom stereocenters. The third kappa shape index (κ3) is 5.93. The van der Waals surface area contributed by atoms with Gasteiger partial charge in [-0.05, 0) is 69.4 Å². The van der Waals surface area contributed by atoms with E-state index in [4.69, 9.17) is 9.47 Å². The van der Waals surface area contributed by atoms with Gasteiger partial charge in [-0.15, -0.1) is 5.10 Å². The average Bonchev–Trinajstić information content (AvgIpc) is 2.88. The Kier molecular flexibility index (Phi) is 7.83. The van der Waals surface area contributed by atoms with Crippen LogP contribution in [-0.2, 0) is 19.1 Å². The van der Waals surface area contributed by atoms with Gasteiger partial charge in [0.2, 0.25) is 0 Å². The first-order valence-corrected chi connectivity index (χ1v) is 12.4. The Morgan fingerprint density at radius 1 is 1.24 bits per heavy atom. The number of hydrogen-bond donors (Lipinski definition) is 3. The van der Waals surface area contributed by atoms with Gasteiger partial charge < -0.3 is 20.1 Å². The number of benzene rings is 1. The predicted molar refractivity (Wildman–Crippen MR) is 134 cm³/mol. The summed E-state index contributed by atoms with van der Waals surface area (Å²) < 4.78 is 26.3. The summed E-state index contributed by atoms with van der Waals surface area (Å²) in [6.07, 6.45) is 2.84. The molecule has 2 heterocycles. The first-order chi connectivity index (χ1) is 17.7. The molecule has 37 heavy (non-hydrogen) atoms. The molecule has 4 rings (SSSR count). The van der Waals surface area contributed by atoms with Crippen LogP contribution in [0.3, 0.4) is 0 Å². The van der Waals surface area contributed by atoms with Crippen LogP contribution in [-0.4, -0.2) is 58.2 Å². The van der Waals surface area contributed by atoms with Gasteiger partial charge in [-0.2, -0.15) is 10.2 Å². The van der Waals surface area contributed by atoms with Crippen molar-refractivity contribution in [1.29, 1.82) is 0 Å². The van der Waals surface area contributed by atoms with Gasteiger partial charge in [0.25, 0.3) is 0 Å². The fraction of sp³-hybridized carbons (Fsp3) is 0.417. The monoisotopic (exact) mass is 576 g/mol. The number of halogens is 2. The van der Waals surface area contributed by atoms with E-state index < -0.39 is 41.0 Å². The summed E-state index contributed by atoms with van der Waals surface area (Å²) in [5, 5.41) is 16.7. The SMILES string of the molecule is COC1(C[C@H](C)NC(=O)C(=O)Nc2cccnn2)CCC2(CC1)OC(=O)NN=C2c1cc(F)ccc1Br. The van der Waals surface area contributed by atoms with Crippen molar-refractivity contribution >= 4 is 45.4 Å². The smallest absolute Gasteiger partial charge is 0.428 e. The van der Waals surface area contributed by atoms with E-state index in [0.717, 1.165) is 0 Å². The van der Waals surface area contributed by atoms with Gasteiger partial charge >= 0.3 is 17.9 Å². The Labute approximate surface area is 220 Å². The molecule has 2 aliphatic rings. The maximum Gasteiger partial charge on any atom is 0.428 e. The molecule has 3 N–H and O–H groups in total. The zero-order valence-corrected chi connectivity index (χ0v) is 21.8. The van der Waals surface area contributed by atoms with Crippen LogP contribution in [0.25, 0.3) is 0 Å². The standard InChI is InChI=1S/C24H26BrFN6O5/c1-14(28-20(33)21(34)29-18-4-3-11-27-30-18)13-23(36-2)7-9-24(10-8-23)19(31-32-22(35)37-24)16-12-15(26)5-6-17(16)25/h3-6,11-12,14H,7-10,13H2,1-2H3,(H,28,33)(H,32,35)(H,29,30,34)/t14-,23?,24?/m0/s1. The van der Waals surface area contributed by atoms with Crippen molar-refractivity contribution in [2.45, 2.75) is 56.3 Å². The number of nitrogens with zero attached hydrogens (tertiary/aromatic N) is 3. The summed E-state index contributed by atoms with van der Waals surface area (Å²) >= 11 is 3.43. The third-order valence-corrected chi connectivity index (χ3v) is 7.33. The number of amides is 3. The highest BCUT2D eigenvalue weighted by molar-refractivity contribution is 9.10. The molecule has 1 aliphatic carbocycles. The highest BCUT2D eigenvalue weighted by atomic mass is 79.9. The predicted octanol–water partition coefficient (Wildman–Crippen LogP) is 3.05. The number of carbonyl (C=O) groups is 3. The van der Waals surface area contributed by atoms with E-state index in [1.165, 1.54) is 24.4 Å². The summed E-state index contributed by atoms with van der Waals surface area (Å²) in [5.74, 6) is -1.94. The minimum Gasteiger partial charge on any atom is -0.435 e. The van der Waals surface area contributed by atoms with E-state index in [0.29, 0.717) is 47.9 Å². The lowest BCUT2D eigenvalue weighted by Gasteiger charge is -2.47. The van der Waals surface area contributed by atoms with E-state index in [1.54, 1.807) is 26.2 Å². The number of nitrogens with one attached hydrogen (secondary N) is 3. The highest BCUT2D eigenvalue weighted by Gasteiger charge is 2.51. The highest BCUT2D eigenvalue weighted by Crippen LogP contribution is 2.45. The Balaban J connectivity index is 1.43. The van der Waals surface area contributed by atoms with Crippen molar-refractivity contribution in [2.24, 2.45) is 5.10 Å². The molecule has 1 saturated carbocycles. The molecule has 1 aromatic heterocycles. The molecule has 13 heteroatoms. The first-order valence-electron chi connectivity index (χ1n) is 11.6. The number of anilines is 1. The number of carbonyl (C=O) groups excluding carboxylic acids is 3. The number of hydrazone groups is 1. The number of rotatable bonds is 6. The fourth-order valence-electron chi connectivity index (χ4n) is 4.82. The first kappa shape index (κ1) is 26.6. The molecule has 0 unspecified atom stereocenters. The fourth-order valence-corrected chi connectivity index (χ4v) is 5.25. The number of aromatic nitrogens is 2. The summed E-state index contributed by atoms with van der Waals surface area (Å²) in [7, 11) is 1.58. The molecule has 1 fully saturated rings. The second-order valence-electron chi connectivity index (χ2n) is 9.11. The molecular formula is C24H26BrFN6O5. The Morgan fingerprint density at radius 2 is 2.00 bits per heavy atom. The summed E-state index contributed by atoms with van der Waals surface area (Å²) in [6.45, 7) is 1.78. The van der Waals surface area contributed by atoms with Gasteiger partial charge in [-0.25, -0.2) is 14.6 Å². The molecule has 1 aromatic carbocycles. The largest absolute Gasteiger partial charge is 0.435 e. The minimum absolute atomic E-state index is 0.167. The van der Waals surface area contributed by atoms with Crippen molar-refractivity contribution in [3.05, 3.63) is 52.4 Å². The Bertz CT molecular complexity index is 1220. The molecule has 11 nitrogen and oxygen atoms in total. The molecular weight excluding hydrogens is 551 g/mol. The van der Waals surface area contributed by atoms with Crippen LogP contribution in [0, 0.1) is 5.82 Å². The molecule has 1 spiro atoms. The van der Waals surface area contributed by atoms with Crippen LogP contribution in [0.1, 0.15) is 44.6 Å². The molecule has 3 amide bonds. The van der Waals surface area contributed by atoms with Gasteiger partial charge in [-0.1, -0.05) is 15.9 Å². The lowest BCUT2D eigenvalue weighted by atomic mass is 9.70. The molecule has 0 bridgehead atoms. The zero-order valence-electron chi connectivity index (χ0n) is 20.2. The molecule has 0 saturated heterocycles. The average molecular weight is 577 g/mol. The van der Waals surface area contributed by atoms with Crippen LogP contribution in [0.15, 0.2) is 46.1 Å². The number of hydrogen-bond acceptors (Lipinski definition) is 8. The minimum atomic E-state index is -1.07. The molecule has 0 radical (unpaired) electrons. The van der Waals surface area contributed by atoms with E-state index >= 15 is 0 Å². The van der Waals surface area contributed by atoms with Crippen LogP contribution in [0.4, 0.5) is 15.0 Å². The van der Waals surface area contributed by atoms with Gasteiger partial charge in [0, 0.05) is 29.4 Å². The normalized spacial score (nSPS) is 23.9. The van der Waals surface area contributed by atoms with Crippen LogP contribution in [0.5, 0.6) is 0 Å². The van der Waals surface area contributed by atoms with Crippen molar-refractivity contribution in [2.75, 3.05) is 12.4 Å². The lowest BCUT2D eigenvalue weighted by Crippen LogP contribution is -2.56. The van der Waals surface area contributed by atoms with Crippen molar-refractivity contribution < 1.29 is 28.2 Å². The lowest BCUT2D eigenvalue weighted by molar-refractivity contribution is -0.137. The maximum atomic E-state index is 14.0. The van der Waals surface area contributed by atoms with E-state index in [1.807, 2.05) is 0 Å². The Morgan fingerprint density at radius 3 is 2.68 bits per heavy atom. The summed E-state index contributed by atoms with van der Waals surface area (Å²) in [4.78, 5) is 36.8. The molecule has 1 aliphatic heterocycles. The summed E-state index contributed by atoms with van der Waals surface area (Å²) in [5.41, 5.74) is 1.51. The quantitative estimate of drug-likeness (QED) is 0.448. The topological polar surface area (TPSA) is 144 Å². The molecule has 2 aromatic rings. The van der Waals surface area contributed by atoms with Gasteiger partial charge in [0.05, 0.1) is 5.60 Å². The number of ether oxygens (including phenoxy) is 2. The van der Waals surface area contributed by atoms with Crippen LogP contribution in [0.2, 0.25) is 0 Å². The van der Waals surface area contributed by atoms with E-state index in [9.17, 15) is 18.8 Å². The Hall–Kier alpha value is -3.45. The van der Waals surface area contributed by atoms with Crippen LogP contribution < -0.4 is 16.1 Å². The second kappa shape index (κ2) is 10.9. The van der Waals surface area contributed by atoms with E-state index in [-0.39, 0.29) is 5.82 Å². The second-order valence-corrected chi connectivity index (χ2v) is 9.96. The van der Waals surface area contributed by atoms with Crippen LogP contribution >= 0.6 is 15.9 Å². The third-order valence-electron chi connectivity index (χ3n) is 6.64. The maximum absolute atomic E-state index is 14.0. The summed E-state index contributed by atoms with van der Waals surface area (Å²) in [6, 6.07) is 6.94. The van der Waals surface area contributed by atoms with Crippen molar-refractivity contribution in [3.8, 4) is 0 Å². The van der Waals surface area contributed by atoms with Gasteiger partial charge in [-0.3, -0.25) is 9.59 Å². The van der Waals surface area contributed by atoms with Gasteiger partial charge in [0.1, 0.15) is 11.5 Å². The van der Waals surface area contributed by atoms with Gasteiger partial charge in [0.15, 0.2) is 11.4 Å². The van der Waals surface area contributed by atoms with Crippen molar-refractivity contribution in [1.82, 2.24) is 20.9 Å². The van der Waals surface area contributed by atoms with Crippen molar-refractivity contribution in [3.63, 3.8) is 0 Å². The number of methoxy groups -OCH3 is 1. The van der Waals surface area contributed by atoms with E-state index in [2.05, 4.69) is 47.3 Å².